The fourth-order valence-corrected chi connectivity index (χ4v) is 3.20. The highest BCUT2D eigenvalue weighted by Gasteiger charge is 2.22. The number of benzene rings is 1. The van der Waals surface area contributed by atoms with E-state index in [0.717, 1.165) is 25.6 Å². The fourth-order valence-electron chi connectivity index (χ4n) is 3.20. The molecule has 122 valence electrons. The Labute approximate surface area is 135 Å². The highest BCUT2D eigenvalue weighted by atomic mass is 15.2. The maximum Gasteiger partial charge on any atom is 0.191 e. The maximum atomic E-state index is 4.34. The first-order valence-electron chi connectivity index (χ1n) is 8.38. The number of guanidine groups is 1. The van der Waals surface area contributed by atoms with E-state index >= 15 is 0 Å². The molecule has 4 nitrogen and oxygen atoms in total. The second kappa shape index (κ2) is 8.18. The normalized spacial score (nSPS) is 19.5. The first-order chi connectivity index (χ1) is 10.6. The van der Waals surface area contributed by atoms with Crippen molar-refractivity contribution >= 4 is 5.96 Å². The second-order valence-electron chi connectivity index (χ2n) is 6.16. The van der Waals surface area contributed by atoms with Gasteiger partial charge in [0.2, 0.25) is 0 Å². The lowest BCUT2D eigenvalue weighted by atomic mass is 10.1. The van der Waals surface area contributed by atoms with Crippen molar-refractivity contribution in [2.24, 2.45) is 4.99 Å². The van der Waals surface area contributed by atoms with E-state index in [1.54, 1.807) is 0 Å². The Morgan fingerprint density at radius 3 is 2.82 bits per heavy atom. The molecule has 1 heterocycles. The van der Waals surface area contributed by atoms with E-state index in [-0.39, 0.29) is 0 Å². The van der Waals surface area contributed by atoms with Crippen molar-refractivity contribution in [3.05, 3.63) is 34.9 Å². The zero-order chi connectivity index (χ0) is 15.9. The van der Waals surface area contributed by atoms with Crippen LogP contribution in [0.25, 0.3) is 0 Å². The number of likely N-dealkylation sites (N-methyl/N-ethyl adjacent to an activating group) is 1. The Morgan fingerprint density at radius 2 is 2.14 bits per heavy atom. The summed E-state index contributed by atoms with van der Waals surface area (Å²) < 4.78 is 0. The van der Waals surface area contributed by atoms with E-state index in [1.165, 1.54) is 36.1 Å². The van der Waals surface area contributed by atoms with Crippen LogP contribution >= 0.6 is 0 Å². The minimum absolute atomic E-state index is 0.643. The molecule has 2 N–H and O–H groups in total. The molecule has 1 aliphatic rings. The van der Waals surface area contributed by atoms with Crippen LogP contribution in [0.15, 0.2) is 23.2 Å². The lowest BCUT2D eigenvalue weighted by molar-refractivity contribution is 0.267. The van der Waals surface area contributed by atoms with Crippen LogP contribution in [0.1, 0.15) is 36.5 Å². The quantitative estimate of drug-likeness (QED) is 0.648. The van der Waals surface area contributed by atoms with Crippen molar-refractivity contribution in [3.63, 3.8) is 0 Å². The Kier molecular flexibility index (Phi) is 6.25. The third kappa shape index (κ3) is 4.47. The summed E-state index contributed by atoms with van der Waals surface area (Å²) in [7, 11) is 1.84. The van der Waals surface area contributed by atoms with Crippen LogP contribution in [0.2, 0.25) is 0 Å². The Hall–Kier alpha value is -1.55. The Bertz CT molecular complexity index is 510. The smallest absolute Gasteiger partial charge is 0.191 e. The van der Waals surface area contributed by atoms with Gasteiger partial charge in [-0.15, -0.1) is 0 Å². The third-order valence-corrected chi connectivity index (χ3v) is 4.58. The average Bonchev–Trinajstić information content (AvgIpc) is 2.96. The number of nitrogens with zero attached hydrogens (tertiary/aromatic N) is 2. The molecule has 1 aromatic carbocycles. The molecule has 1 saturated heterocycles. The van der Waals surface area contributed by atoms with Crippen molar-refractivity contribution in [2.45, 2.75) is 46.2 Å². The van der Waals surface area contributed by atoms with Gasteiger partial charge in [0, 0.05) is 26.2 Å². The molecule has 0 amide bonds. The van der Waals surface area contributed by atoms with Gasteiger partial charge in [-0.2, -0.15) is 0 Å². The predicted molar refractivity (Wildman–Crippen MR) is 94.4 cm³/mol. The van der Waals surface area contributed by atoms with Gasteiger partial charge in [0.1, 0.15) is 0 Å². The molecule has 1 fully saturated rings. The second-order valence-corrected chi connectivity index (χ2v) is 6.16. The van der Waals surface area contributed by atoms with Crippen LogP contribution < -0.4 is 10.6 Å². The molecule has 0 aromatic heterocycles. The van der Waals surface area contributed by atoms with E-state index in [2.05, 4.69) is 59.5 Å². The van der Waals surface area contributed by atoms with Crippen LogP contribution in [0.5, 0.6) is 0 Å². The van der Waals surface area contributed by atoms with Gasteiger partial charge >= 0.3 is 0 Å². The Morgan fingerprint density at radius 1 is 1.32 bits per heavy atom. The molecule has 0 aliphatic carbocycles. The van der Waals surface area contributed by atoms with Crippen LogP contribution in [0.3, 0.4) is 0 Å². The number of hydrogen-bond acceptors (Lipinski definition) is 2. The molecule has 1 aromatic rings. The van der Waals surface area contributed by atoms with Crippen molar-refractivity contribution in [1.29, 1.82) is 0 Å². The number of aliphatic imine (C=N–C) groups is 1. The number of nitrogens with one attached hydrogen (secondary N) is 2. The van der Waals surface area contributed by atoms with E-state index in [1.807, 2.05) is 7.05 Å². The van der Waals surface area contributed by atoms with Crippen LogP contribution in [0.4, 0.5) is 0 Å². The molecule has 22 heavy (non-hydrogen) atoms. The SMILES string of the molecule is CCN1CCCC1CNC(=NC)NCc1ccc(C)cc1C. The predicted octanol–water partition coefficient (Wildman–Crippen LogP) is 2.45. The van der Waals surface area contributed by atoms with E-state index in [0.29, 0.717) is 6.04 Å². The summed E-state index contributed by atoms with van der Waals surface area (Å²) >= 11 is 0. The molecule has 0 saturated carbocycles. The van der Waals surface area contributed by atoms with Gasteiger partial charge in [-0.25, -0.2) is 0 Å². The largest absolute Gasteiger partial charge is 0.355 e. The molecule has 4 heteroatoms. The number of hydrogen-bond donors (Lipinski definition) is 2. The highest BCUT2D eigenvalue weighted by molar-refractivity contribution is 5.79. The average molecular weight is 302 g/mol. The van der Waals surface area contributed by atoms with Crippen LogP contribution in [0, 0.1) is 13.8 Å². The van der Waals surface area contributed by atoms with E-state index in [9.17, 15) is 0 Å². The van der Waals surface area contributed by atoms with Crippen LogP contribution in [-0.2, 0) is 6.54 Å². The summed E-state index contributed by atoms with van der Waals surface area (Å²) in [4.78, 5) is 6.88. The van der Waals surface area contributed by atoms with E-state index in [4.69, 9.17) is 0 Å². The van der Waals surface area contributed by atoms with Crippen LogP contribution in [-0.4, -0.2) is 43.6 Å². The van der Waals surface area contributed by atoms with E-state index < -0.39 is 0 Å². The van der Waals surface area contributed by atoms with Gasteiger partial charge in [0.15, 0.2) is 5.96 Å². The molecular formula is C18H30N4. The molecule has 0 spiro atoms. The highest BCUT2D eigenvalue weighted by Crippen LogP contribution is 2.15. The fraction of sp³-hybridized carbons (Fsp3) is 0.611. The minimum atomic E-state index is 0.643. The summed E-state index contributed by atoms with van der Waals surface area (Å²) in [5, 5.41) is 6.90. The van der Waals surface area contributed by atoms with Gasteiger partial charge in [-0.3, -0.25) is 9.89 Å². The monoisotopic (exact) mass is 302 g/mol. The summed E-state index contributed by atoms with van der Waals surface area (Å²) in [6.45, 7) is 10.7. The number of rotatable bonds is 5. The molecule has 1 unspecified atom stereocenters. The zero-order valence-corrected chi connectivity index (χ0v) is 14.4. The van der Waals surface area contributed by atoms with Gasteiger partial charge < -0.3 is 10.6 Å². The molecule has 2 rings (SSSR count). The molecular weight excluding hydrogens is 272 g/mol. The third-order valence-electron chi connectivity index (χ3n) is 4.58. The molecule has 1 atom stereocenters. The first-order valence-corrected chi connectivity index (χ1v) is 8.38. The summed E-state index contributed by atoms with van der Waals surface area (Å²) in [5.41, 5.74) is 3.96. The topological polar surface area (TPSA) is 39.7 Å². The van der Waals surface area contributed by atoms with Crippen molar-refractivity contribution in [3.8, 4) is 0 Å². The van der Waals surface area contributed by atoms with Crippen molar-refractivity contribution in [1.82, 2.24) is 15.5 Å². The standard InChI is InChI=1S/C18H30N4/c1-5-22-10-6-7-17(22)13-21-18(19-4)20-12-16-9-8-14(2)11-15(16)3/h8-9,11,17H,5-7,10,12-13H2,1-4H3,(H2,19,20,21). The van der Waals surface area contributed by atoms with Gasteiger partial charge in [-0.05, 0) is 50.9 Å². The summed E-state index contributed by atoms with van der Waals surface area (Å²) in [6, 6.07) is 7.23. The summed E-state index contributed by atoms with van der Waals surface area (Å²) in [6.07, 6.45) is 2.60. The van der Waals surface area contributed by atoms with Gasteiger partial charge in [-0.1, -0.05) is 30.7 Å². The summed E-state index contributed by atoms with van der Waals surface area (Å²) in [5.74, 6) is 0.892. The van der Waals surface area contributed by atoms with Crippen molar-refractivity contribution < 1.29 is 0 Å². The molecule has 0 bridgehead atoms. The number of aryl methyl sites for hydroxylation is 2. The first kappa shape index (κ1) is 16.8. The number of likely N-dealkylation sites (tertiary alicyclic amines) is 1. The van der Waals surface area contributed by atoms with Crippen molar-refractivity contribution in [2.75, 3.05) is 26.7 Å². The minimum Gasteiger partial charge on any atom is -0.355 e. The maximum absolute atomic E-state index is 4.34. The zero-order valence-electron chi connectivity index (χ0n) is 14.4. The Balaban J connectivity index is 1.82. The molecule has 0 radical (unpaired) electrons. The lowest BCUT2D eigenvalue weighted by Gasteiger charge is -2.24. The molecule has 1 aliphatic heterocycles. The van der Waals surface area contributed by atoms with Gasteiger partial charge in [0.25, 0.3) is 0 Å². The lowest BCUT2D eigenvalue weighted by Crippen LogP contribution is -2.44. The van der Waals surface area contributed by atoms with Gasteiger partial charge in [0.05, 0.1) is 0 Å².